The zero-order chi connectivity index (χ0) is 15.9. The average molecular weight is 296 g/mol. The normalized spacial score (nSPS) is 10.8. The van der Waals surface area contributed by atoms with E-state index in [-0.39, 0.29) is 22.5 Å². The number of nitro benzene ring substituents is 1. The molecule has 22 heavy (non-hydrogen) atoms. The molecule has 0 aliphatic carbocycles. The molecule has 5 heteroatoms. The van der Waals surface area contributed by atoms with Gasteiger partial charge in [0.2, 0.25) is 0 Å². The molecular formula is C17H13FN2O2. The summed E-state index contributed by atoms with van der Waals surface area (Å²) < 4.78 is 14.3. The summed E-state index contributed by atoms with van der Waals surface area (Å²) in [5.41, 5.74) is 6.21. The predicted molar refractivity (Wildman–Crippen MR) is 85.1 cm³/mol. The maximum Gasteiger partial charge on any atom is 0.295 e. The third-order valence-electron chi connectivity index (χ3n) is 3.75. The SMILES string of the molecule is Cc1c(-c2ccc3ccccc3c2)c(F)cc(N)c1[N+](=O)[O-]. The number of nitrogens with two attached hydrogens (primary N) is 1. The lowest BCUT2D eigenvalue weighted by Crippen LogP contribution is -2.02. The van der Waals surface area contributed by atoms with Gasteiger partial charge in [0.25, 0.3) is 5.69 Å². The second-order valence-electron chi connectivity index (χ2n) is 5.12. The molecule has 0 aliphatic heterocycles. The van der Waals surface area contributed by atoms with Crippen LogP contribution in [0.5, 0.6) is 0 Å². The monoisotopic (exact) mass is 296 g/mol. The van der Waals surface area contributed by atoms with Crippen molar-refractivity contribution in [3.8, 4) is 11.1 Å². The molecule has 4 nitrogen and oxygen atoms in total. The van der Waals surface area contributed by atoms with Crippen LogP contribution in [0.4, 0.5) is 15.8 Å². The molecule has 0 saturated heterocycles. The Morgan fingerprint density at radius 2 is 1.77 bits per heavy atom. The second kappa shape index (κ2) is 5.11. The Labute approximate surface area is 126 Å². The fraction of sp³-hybridized carbons (Fsp3) is 0.0588. The molecule has 0 fully saturated rings. The van der Waals surface area contributed by atoms with Crippen LogP contribution in [-0.4, -0.2) is 4.92 Å². The van der Waals surface area contributed by atoms with Gasteiger partial charge in [-0.05, 0) is 29.3 Å². The molecule has 0 aliphatic rings. The molecular weight excluding hydrogens is 283 g/mol. The first-order chi connectivity index (χ1) is 10.5. The van der Waals surface area contributed by atoms with E-state index in [0.29, 0.717) is 5.56 Å². The van der Waals surface area contributed by atoms with Crippen LogP contribution in [0.2, 0.25) is 0 Å². The molecule has 0 heterocycles. The standard InChI is InChI=1S/C17H13FN2O2/c1-10-16(14(18)9-15(19)17(10)20(21)22)13-7-6-11-4-2-3-5-12(11)8-13/h2-9H,19H2,1H3. The summed E-state index contributed by atoms with van der Waals surface area (Å²) in [6, 6.07) is 14.1. The molecule has 0 spiro atoms. The highest BCUT2D eigenvalue weighted by Crippen LogP contribution is 2.37. The van der Waals surface area contributed by atoms with Gasteiger partial charge in [0.1, 0.15) is 11.5 Å². The first-order valence-corrected chi connectivity index (χ1v) is 6.71. The molecule has 3 aromatic carbocycles. The van der Waals surface area contributed by atoms with Crippen molar-refractivity contribution in [2.24, 2.45) is 0 Å². The minimum absolute atomic E-state index is 0.162. The van der Waals surface area contributed by atoms with Crippen LogP contribution < -0.4 is 5.73 Å². The summed E-state index contributed by atoms with van der Waals surface area (Å²) in [5, 5.41) is 13.1. The minimum atomic E-state index is -0.575. The number of halogens is 1. The number of nitrogens with zero attached hydrogens (tertiary/aromatic N) is 1. The topological polar surface area (TPSA) is 69.2 Å². The fourth-order valence-corrected chi connectivity index (χ4v) is 2.73. The largest absolute Gasteiger partial charge is 0.393 e. The van der Waals surface area contributed by atoms with E-state index in [1.54, 1.807) is 6.07 Å². The average Bonchev–Trinajstić information content (AvgIpc) is 2.46. The van der Waals surface area contributed by atoms with Crippen molar-refractivity contribution in [3.63, 3.8) is 0 Å². The number of anilines is 1. The van der Waals surface area contributed by atoms with Gasteiger partial charge in [0.15, 0.2) is 0 Å². The molecule has 0 amide bonds. The van der Waals surface area contributed by atoms with Crippen LogP contribution in [0.3, 0.4) is 0 Å². The number of benzene rings is 3. The molecule has 0 aromatic heterocycles. The molecule has 3 aromatic rings. The van der Waals surface area contributed by atoms with Crippen molar-refractivity contribution in [3.05, 3.63) is 70.0 Å². The third kappa shape index (κ3) is 2.16. The van der Waals surface area contributed by atoms with Gasteiger partial charge < -0.3 is 5.73 Å². The van der Waals surface area contributed by atoms with Gasteiger partial charge in [-0.3, -0.25) is 10.1 Å². The first kappa shape index (κ1) is 14.0. The maximum atomic E-state index is 14.3. The van der Waals surface area contributed by atoms with Crippen LogP contribution in [0.15, 0.2) is 48.5 Å². The summed E-state index contributed by atoms with van der Waals surface area (Å²) in [6.07, 6.45) is 0. The predicted octanol–water partition coefficient (Wildman–Crippen LogP) is 4.44. The van der Waals surface area contributed by atoms with E-state index >= 15 is 0 Å². The molecule has 0 atom stereocenters. The summed E-state index contributed by atoms with van der Waals surface area (Å²) >= 11 is 0. The zero-order valence-electron chi connectivity index (χ0n) is 11.8. The van der Waals surface area contributed by atoms with E-state index < -0.39 is 10.7 Å². The number of nitrogen functional groups attached to an aromatic ring is 1. The molecule has 0 saturated carbocycles. The van der Waals surface area contributed by atoms with Crippen LogP contribution in [0, 0.1) is 22.9 Å². The van der Waals surface area contributed by atoms with Gasteiger partial charge in [-0.2, -0.15) is 0 Å². The molecule has 110 valence electrons. The van der Waals surface area contributed by atoms with Crippen LogP contribution in [-0.2, 0) is 0 Å². The van der Waals surface area contributed by atoms with E-state index in [2.05, 4.69) is 0 Å². The Hall–Kier alpha value is -2.95. The lowest BCUT2D eigenvalue weighted by Gasteiger charge is -2.11. The van der Waals surface area contributed by atoms with E-state index in [1.807, 2.05) is 36.4 Å². The van der Waals surface area contributed by atoms with Gasteiger partial charge in [-0.15, -0.1) is 0 Å². The smallest absolute Gasteiger partial charge is 0.295 e. The highest BCUT2D eigenvalue weighted by atomic mass is 19.1. The van der Waals surface area contributed by atoms with E-state index in [0.717, 1.165) is 16.8 Å². The molecule has 0 bridgehead atoms. The summed E-state index contributed by atoms with van der Waals surface area (Å²) in [4.78, 5) is 10.6. The summed E-state index contributed by atoms with van der Waals surface area (Å²) in [5.74, 6) is -0.559. The van der Waals surface area contributed by atoms with Crippen molar-refractivity contribution in [2.45, 2.75) is 6.92 Å². The van der Waals surface area contributed by atoms with Crippen molar-refractivity contribution >= 4 is 22.1 Å². The Morgan fingerprint density at radius 3 is 2.45 bits per heavy atom. The van der Waals surface area contributed by atoms with E-state index in [4.69, 9.17) is 5.73 Å². The first-order valence-electron chi connectivity index (χ1n) is 6.71. The molecule has 2 N–H and O–H groups in total. The number of hydrogen-bond acceptors (Lipinski definition) is 3. The summed E-state index contributed by atoms with van der Waals surface area (Å²) in [7, 11) is 0. The van der Waals surface area contributed by atoms with Crippen LogP contribution in [0.25, 0.3) is 21.9 Å². The van der Waals surface area contributed by atoms with Crippen LogP contribution in [0.1, 0.15) is 5.56 Å². The quantitative estimate of drug-likeness (QED) is 0.431. The van der Waals surface area contributed by atoms with Crippen molar-refractivity contribution in [2.75, 3.05) is 5.73 Å². The zero-order valence-corrected chi connectivity index (χ0v) is 11.8. The van der Waals surface area contributed by atoms with E-state index in [9.17, 15) is 14.5 Å². The molecule has 0 unspecified atom stereocenters. The highest BCUT2D eigenvalue weighted by Gasteiger charge is 2.23. The number of hydrogen-bond donors (Lipinski definition) is 1. The van der Waals surface area contributed by atoms with Crippen LogP contribution >= 0.6 is 0 Å². The Bertz CT molecular complexity index is 907. The lowest BCUT2D eigenvalue weighted by atomic mass is 9.95. The number of fused-ring (bicyclic) bond motifs is 1. The number of rotatable bonds is 2. The fourth-order valence-electron chi connectivity index (χ4n) is 2.73. The maximum absolute atomic E-state index is 14.3. The van der Waals surface area contributed by atoms with Crippen molar-refractivity contribution in [1.82, 2.24) is 0 Å². The van der Waals surface area contributed by atoms with Gasteiger partial charge in [-0.1, -0.05) is 36.4 Å². The second-order valence-corrected chi connectivity index (χ2v) is 5.12. The van der Waals surface area contributed by atoms with Crippen molar-refractivity contribution in [1.29, 1.82) is 0 Å². The minimum Gasteiger partial charge on any atom is -0.393 e. The number of nitro groups is 1. The molecule has 0 radical (unpaired) electrons. The molecule has 3 rings (SSSR count). The highest BCUT2D eigenvalue weighted by molar-refractivity contribution is 5.89. The lowest BCUT2D eigenvalue weighted by molar-refractivity contribution is -0.384. The van der Waals surface area contributed by atoms with Gasteiger partial charge in [-0.25, -0.2) is 4.39 Å². The Kier molecular flexibility index (Phi) is 3.25. The Balaban J connectivity index is 2.30. The third-order valence-corrected chi connectivity index (χ3v) is 3.75. The van der Waals surface area contributed by atoms with Crippen molar-refractivity contribution < 1.29 is 9.31 Å². The Morgan fingerprint density at radius 1 is 1.09 bits per heavy atom. The summed E-state index contributed by atoms with van der Waals surface area (Å²) in [6.45, 7) is 1.52. The van der Waals surface area contributed by atoms with Gasteiger partial charge in [0.05, 0.1) is 4.92 Å². The van der Waals surface area contributed by atoms with Gasteiger partial charge in [0, 0.05) is 17.2 Å². The van der Waals surface area contributed by atoms with E-state index in [1.165, 1.54) is 6.92 Å². The van der Waals surface area contributed by atoms with Gasteiger partial charge >= 0.3 is 0 Å².